The van der Waals surface area contributed by atoms with Crippen molar-refractivity contribution in [2.45, 2.75) is 39.8 Å². The Bertz CT molecular complexity index is 716. The van der Waals surface area contributed by atoms with Crippen LogP contribution < -0.4 is 0 Å². The van der Waals surface area contributed by atoms with Crippen molar-refractivity contribution in [2.24, 2.45) is 0 Å². The molecule has 6 nitrogen and oxygen atoms in total. The van der Waals surface area contributed by atoms with Crippen LogP contribution in [0.4, 0.5) is 0 Å². The first kappa shape index (κ1) is 15.8. The average Bonchev–Trinajstić information content (AvgIpc) is 3.09. The Balaban J connectivity index is 1.90. The van der Waals surface area contributed by atoms with Gasteiger partial charge in [0.2, 0.25) is 0 Å². The normalized spacial score (nSPS) is 17.4. The predicted octanol–water partition coefficient (Wildman–Crippen LogP) is 2.23. The molecule has 3 heterocycles. The Hall–Kier alpha value is -2.08. The van der Waals surface area contributed by atoms with Crippen LogP contribution in [0, 0.1) is 13.8 Å². The van der Waals surface area contributed by atoms with Crippen LogP contribution in [0.25, 0.3) is 0 Å². The fourth-order valence-corrected chi connectivity index (χ4v) is 3.33. The Morgan fingerprint density at radius 3 is 2.87 bits per heavy atom. The van der Waals surface area contributed by atoms with Crippen molar-refractivity contribution in [1.82, 2.24) is 19.7 Å². The van der Waals surface area contributed by atoms with Gasteiger partial charge in [-0.2, -0.15) is 5.10 Å². The van der Waals surface area contributed by atoms with Gasteiger partial charge in [-0.3, -0.25) is 9.48 Å². The van der Waals surface area contributed by atoms with Gasteiger partial charge in [-0.1, -0.05) is 0 Å². The number of hydrogen-bond donors (Lipinski definition) is 1. The van der Waals surface area contributed by atoms with E-state index in [1.165, 1.54) is 5.56 Å². The van der Waals surface area contributed by atoms with Gasteiger partial charge in [0.05, 0.1) is 24.4 Å². The zero-order chi connectivity index (χ0) is 16.6. The number of H-pyrrole nitrogens is 1. The molecule has 0 bridgehead atoms. The third-order valence-electron chi connectivity index (χ3n) is 4.45. The number of rotatable bonds is 4. The third-order valence-corrected chi connectivity index (χ3v) is 4.45. The molecule has 23 heavy (non-hydrogen) atoms. The number of hydrogen-bond acceptors (Lipinski definition) is 3. The predicted molar refractivity (Wildman–Crippen MR) is 87.5 cm³/mol. The van der Waals surface area contributed by atoms with E-state index in [2.05, 4.69) is 23.2 Å². The number of ether oxygens (including phenoxy) is 1. The Morgan fingerprint density at radius 2 is 2.26 bits per heavy atom. The van der Waals surface area contributed by atoms with E-state index in [0.29, 0.717) is 19.7 Å². The highest BCUT2D eigenvalue weighted by Crippen LogP contribution is 2.29. The minimum atomic E-state index is 0.0599. The van der Waals surface area contributed by atoms with Crippen LogP contribution in [0.3, 0.4) is 0 Å². The molecule has 6 heteroatoms. The van der Waals surface area contributed by atoms with Gasteiger partial charge in [0.25, 0.3) is 5.91 Å². The van der Waals surface area contributed by atoms with Crippen molar-refractivity contribution in [3.05, 3.63) is 40.5 Å². The van der Waals surface area contributed by atoms with Crippen LogP contribution in [0.5, 0.6) is 0 Å². The lowest BCUT2D eigenvalue weighted by Gasteiger charge is -2.31. The fraction of sp³-hybridized carbons (Fsp3) is 0.529. The Labute approximate surface area is 136 Å². The molecule has 124 valence electrons. The molecule has 0 aliphatic carbocycles. The zero-order valence-electron chi connectivity index (χ0n) is 14.2. The number of carbonyl (C=O) groups excluding carboxylic acids is 1. The van der Waals surface area contributed by atoms with E-state index in [1.807, 2.05) is 29.5 Å². The highest BCUT2D eigenvalue weighted by atomic mass is 16.5. The molecule has 1 atom stereocenters. The number of nitrogens with one attached hydrogen (secondary N) is 1. The van der Waals surface area contributed by atoms with Gasteiger partial charge in [-0.05, 0) is 26.8 Å². The Morgan fingerprint density at radius 1 is 1.48 bits per heavy atom. The molecule has 0 saturated heterocycles. The summed E-state index contributed by atoms with van der Waals surface area (Å²) in [6, 6.07) is 1.92. The summed E-state index contributed by atoms with van der Waals surface area (Å²) in [4.78, 5) is 18.0. The van der Waals surface area contributed by atoms with Gasteiger partial charge >= 0.3 is 0 Å². The van der Waals surface area contributed by atoms with Crippen molar-refractivity contribution >= 4 is 5.91 Å². The second-order valence-electron chi connectivity index (χ2n) is 6.22. The molecule has 0 unspecified atom stereocenters. The van der Waals surface area contributed by atoms with Crippen LogP contribution >= 0.6 is 0 Å². The molecule has 0 fully saturated rings. The van der Waals surface area contributed by atoms with Crippen LogP contribution in [-0.2, 0) is 17.8 Å². The zero-order valence-corrected chi connectivity index (χ0v) is 14.2. The van der Waals surface area contributed by atoms with E-state index < -0.39 is 0 Å². The van der Waals surface area contributed by atoms with Crippen molar-refractivity contribution in [1.29, 1.82) is 0 Å². The molecule has 1 amide bonds. The molecule has 0 aromatic carbocycles. The van der Waals surface area contributed by atoms with Gasteiger partial charge in [-0.25, -0.2) is 0 Å². The summed E-state index contributed by atoms with van der Waals surface area (Å²) in [6.07, 6.45) is 2.09. The first-order valence-corrected chi connectivity index (χ1v) is 8.04. The van der Waals surface area contributed by atoms with Crippen molar-refractivity contribution < 1.29 is 9.53 Å². The monoisotopic (exact) mass is 316 g/mol. The van der Waals surface area contributed by atoms with E-state index in [4.69, 9.17) is 4.74 Å². The number of amides is 1. The van der Waals surface area contributed by atoms with Gasteiger partial charge < -0.3 is 14.6 Å². The van der Waals surface area contributed by atoms with Crippen molar-refractivity contribution in [2.75, 3.05) is 20.3 Å². The van der Waals surface area contributed by atoms with Crippen molar-refractivity contribution in [3.8, 4) is 0 Å². The standard InChI is InChI=1S/C17H24N4O2/c1-5-21-8-15-13(10-23-4)7-20(9-16(15)19-21)17(22)14-6-11(2)18-12(14)3/h6,8,13,18H,5,7,9-10H2,1-4H3/t13-/m1/s1. The lowest BCUT2D eigenvalue weighted by molar-refractivity contribution is 0.0677. The maximum Gasteiger partial charge on any atom is 0.256 e. The first-order chi connectivity index (χ1) is 11.0. The van der Waals surface area contributed by atoms with Crippen LogP contribution in [-0.4, -0.2) is 45.8 Å². The molecule has 0 spiro atoms. The third kappa shape index (κ3) is 2.91. The minimum absolute atomic E-state index is 0.0599. The summed E-state index contributed by atoms with van der Waals surface area (Å²) >= 11 is 0. The quantitative estimate of drug-likeness (QED) is 0.941. The van der Waals surface area contributed by atoms with E-state index in [9.17, 15) is 4.79 Å². The molecule has 2 aromatic rings. The summed E-state index contributed by atoms with van der Waals surface area (Å²) in [5.41, 5.74) is 4.86. The minimum Gasteiger partial charge on any atom is -0.384 e. The number of nitrogens with zero attached hydrogens (tertiary/aromatic N) is 3. The number of fused-ring (bicyclic) bond motifs is 1. The molecule has 0 saturated carbocycles. The first-order valence-electron chi connectivity index (χ1n) is 8.04. The van der Waals surface area contributed by atoms with Gasteiger partial charge in [0.15, 0.2) is 0 Å². The topological polar surface area (TPSA) is 63.2 Å². The largest absolute Gasteiger partial charge is 0.384 e. The fourth-order valence-electron chi connectivity index (χ4n) is 3.33. The molecule has 1 aliphatic heterocycles. The molecular weight excluding hydrogens is 292 g/mol. The lowest BCUT2D eigenvalue weighted by atomic mass is 9.95. The Kier molecular flexibility index (Phi) is 4.26. The summed E-state index contributed by atoms with van der Waals surface area (Å²) in [7, 11) is 1.70. The number of carbonyl (C=O) groups is 1. The highest BCUT2D eigenvalue weighted by molar-refractivity contribution is 5.95. The summed E-state index contributed by atoms with van der Waals surface area (Å²) in [5, 5.41) is 4.62. The number of aromatic amines is 1. The molecule has 0 radical (unpaired) electrons. The molecular formula is C17H24N4O2. The number of aryl methyl sites for hydroxylation is 3. The van der Waals surface area contributed by atoms with E-state index in [-0.39, 0.29) is 11.8 Å². The smallest absolute Gasteiger partial charge is 0.256 e. The molecule has 3 rings (SSSR count). The maximum absolute atomic E-state index is 12.9. The second-order valence-corrected chi connectivity index (χ2v) is 6.22. The highest BCUT2D eigenvalue weighted by Gasteiger charge is 2.31. The molecule has 1 aliphatic rings. The summed E-state index contributed by atoms with van der Waals surface area (Å²) in [5.74, 6) is 0.234. The van der Waals surface area contributed by atoms with Gasteiger partial charge in [0.1, 0.15) is 0 Å². The number of methoxy groups -OCH3 is 1. The summed E-state index contributed by atoms with van der Waals surface area (Å²) in [6.45, 7) is 8.62. The second kappa shape index (κ2) is 6.20. The van der Waals surface area contributed by atoms with E-state index >= 15 is 0 Å². The maximum atomic E-state index is 12.9. The van der Waals surface area contributed by atoms with Crippen LogP contribution in [0.1, 0.15) is 45.8 Å². The number of aromatic nitrogens is 3. The van der Waals surface area contributed by atoms with Gasteiger partial charge in [-0.15, -0.1) is 0 Å². The average molecular weight is 316 g/mol. The van der Waals surface area contributed by atoms with Gasteiger partial charge in [0, 0.05) is 49.3 Å². The van der Waals surface area contributed by atoms with Crippen LogP contribution in [0.2, 0.25) is 0 Å². The lowest BCUT2D eigenvalue weighted by Crippen LogP contribution is -2.39. The summed E-state index contributed by atoms with van der Waals surface area (Å²) < 4.78 is 7.30. The van der Waals surface area contributed by atoms with E-state index in [1.54, 1.807) is 7.11 Å². The van der Waals surface area contributed by atoms with E-state index in [0.717, 1.165) is 29.2 Å². The molecule has 2 aromatic heterocycles. The van der Waals surface area contributed by atoms with Crippen molar-refractivity contribution in [3.63, 3.8) is 0 Å². The molecule has 1 N–H and O–H groups in total. The van der Waals surface area contributed by atoms with Crippen LogP contribution in [0.15, 0.2) is 12.3 Å². The SMILES string of the molecule is CCn1cc2c(n1)CN(C(=O)c1cc(C)[nH]c1C)C[C@@H]2COC.